The number of aromatic nitrogens is 1. The van der Waals surface area contributed by atoms with Gasteiger partial charge < -0.3 is 18.6 Å². The molecular formula is C30H31N3O3S. The van der Waals surface area contributed by atoms with E-state index in [2.05, 4.69) is 63.3 Å². The fraction of sp³-hybridized carbons (Fsp3) is 0.233. The maximum Gasteiger partial charge on any atom is 0.161 e. The number of pyridine rings is 1. The van der Waals surface area contributed by atoms with Crippen molar-refractivity contribution in [1.29, 1.82) is 0 Å². The fourth-order valence-electron chi connectivity index (χ4n) is 4.46. The van der Waals surface area contributed by atoms with E-state index in [1.807, 2.05) is 42.7 Å². The minimum atomic E-state index is 0.765. The molecular weight excluding hydrogens is 482 g/mol. The van der Waals surface area contributed by atoms with Crippen molar-refractivity contribution in [3.63, 3.8) is 0 Å². The van der Waals surface area contributed by atoms with Gasteiger partial charge in [-0.3, -0.25) is 9.88 Å². The van der Waals surface area contributed by atoms with Crippen LogP contribution in [0, 0.1) is 0 Å². The summed E-state index contributed by atoms with van der Waals surface area (Å²) >= 11 is 1.38. The molecule has 1 aliphatic heterocycles. The van der Waals surface area contributed by atoms with Crippen LogP contribution in [0.15, 0.2) is 96.2 Å². The Kier molecular flexibility index (Phi) is 8.13. The Morgan fingerprint density at radius 2 is 1.41 bits per heavy atom. The average Bonchev–Trinajstić information content (AvgIpc) is 2.97. The van der Waals surface area contributed by atoms with Gasteiger partial charge in [0.2, 0.25) is 0 Å². The van der Waals surface area contributed by atoms with Crippen LogP contribution in [0.5, 0.6) is 17.2 Å². The van der Waals surface area contributed by atoms with Crippen LogP contribution >= 0.6 is 12.0 Å². The van der Waals surface area contributed by atoms with Gasteiger partial charge >= 0.3 is 0 Å². The largest absolute Gasteiger partial charge is 0.493 e. The number of hydrogen-bond donors (Lipinski definition) is 0. The first kappa shape index (κ1) is 25.0. The molecule has 1 saturated heterocycles. The van der Waals surface area contributed by atoms with Crippen LogP contribution in [0.25, 0.3) is 11.1 Å². The summed E-state index contributed by atoms with van der Waals surface area (Å²) in [6.45, 7) is 4.91. The summed E-state index contributed by atoms with van der Waals surface area (Å²) in [6.07, 6.45) is 3.62. The molecule has 3 aromatic carbocycles. The predicted molar refractivity (Wildman–Crippen MR) is 150 cm³/mol. The molecule has 0 aliphatic carbocycles. The molecule has 0 saturated carbocycles. The van der Waals surface area contributed by atoms with E-state index in [-0.39, 0.29) is 0 Å². The van der Waals surface area contributed by atoms with Gasteiger partial charge in [0.25, 0.3) is 0 Å². The van der Waals surface area contributed by atoms with Crippen molar-refractivity contribution >= 4 is 17.7 Å². The second-order valence-electron chi connectivity index (χ2n) is 8.87. The molecule has 0 radical (unpaired) electrons. The van der Waals surface area contributed by atoms with E-state index in [4.69, 9.17) is 13.7 Å². The van der Waals surface area contributed by atoms with Gasteiger partial charge in [0.1, 0.15) is 5.75 Å². The average molecular weight is 514 g/mol. The Bertz CT molecular complexity index is 1280. The lowest BCUT2D eigenvalue weighted by atomic mass is 10.1. The molecule has 0 N–H and O–H groups in total. The quantitative estimate of drug-likeness (QED) is 0.248. The molecule has 0 amide bonds. The zero-order chi connectivity index (χ0) is 25.5. The lowest BCUT2D eigenvalue weighted by Crippen LogP contribution is -2.45. The lowest BCUT2D eigenvalue weighted by Gasteiger charge is -2.36. The second kappa shape index (κ2) is 12.0. The number of piperazine rings is 1. The van der Waals surface area contributed by atoms with Gasteiger partial charge in [0, 0.05) is 55.7 Å². The standard InChI is InChI=1S/C30H31N3O3S/c1-34-29-12-3-23(21-30(29)35-2)22-32-17-19-33(20-18-32)26-6-8-27(9-7-26)36-37-28-10-4-24(5-11-28)25-13-15-31-16-14-25/h3-16,21H,17-20,22H2,1-2H3. The predicted octanol–water partition coefficient (Wildman–Crippen LogP) is 6.17. The first-order valence-corrected chi connectivity index (χ1v) is 13.1. The molecule has 6 nitrogen and oxygen atoms in total. The van der Waals surface area contributed by atoms with Crippen molar-refractivity contribution in [2.24, 2.45) is 0 Å². The number of rotatable bonds is 9. The Balaban J connectivity index is 1.10. The second-order valence-corrected chi connectivity index (χ2v) is 9.68. The van der Waals surface area contributed by atoms with Gasteiger partial charge in [0.05, 0.1) is 26.3 Å². The molecule has 190 valence electrons. The molecule has 1 fully saturated rings. The van der Waals surface area contributed by atoms with Gasteiger partial charge in [-0.1, -0.05) is 18.2 Å². The Hall–Kier alpha value is -3.68. The summed E-state index contributed by atoms with van der Waals surface area (Å²) in [5, 5.41) is 0. The molecule has 1 aliphatic rings. The summed E-state index contributed by atoms with van der Waals surface area (Å²) in [6, 6.07) is 26.9. The Morgan fingerprint density at radius 3 is 2.08 bits per heavy atom. The minimum absolute atomic E-state index is 0.765. The van der Waals surface area contributed by atoms with E-state index in [0.717, 1.165) is 60.4 Å². The zero-order valence-corrected chi connectivity index (χ0v) is 22.0. The number of nitrogens with zero attached hydrogens (tertiary/aromatic N) is 3. The van der Waals surface area contributed by atoms with E-state index in [1.165, 1.54) is 28.9 Å². The highest BCUT2D eigenvalue weighted by molar-refractivity contribution is 7.95. The number of ether oxygens (including phenoxy) is 2. The summed E-state index contributed by atoms with van der Waals surface area (Å²) in [4.78, 5) is 10.1. The monoisotopic (exact) mass is 513 g/mol. The summed E-state index contributed by atoms with van der Waals surface area (Å²) < 4.78 is 16.8. The molecule has 0 bridgehead atoms. The molecule has 4 aromatic rings. The zero-order valence-electron chi connectivity index (χ0n) is 21.2. The molecule has 7 heteroatoms. The van der Waals surface area contributed by atoms with Crippen LogP contribution in [-0.4, -0.2) is 50.3 Å². The van der Waals surface area contributed by atoms with Crippen LogP contribution in [0.1, 0.15) is 5.56 Å². The third-order valence-corrected chi connectivity index (χ3v) is 7.27. The van der Waals surface area contributed by atoms with E-state index in [1.54, 1.807) is 14.2 Å². The summed E-state index contributed by atoms with van der Waals surface area (Å²) in [5.41, 5.74) is 4.78. The number of benzene rings is 3. The van der Waals surface area contributed by atoms with Gasteiger partial charge in [-0.2, -0.15) is 0 Å². The highest BCUT2D eigenvalue weighted by Crippen LogP contribution is 2.30. The van der Waals surface area contributed by atoms with Crippen LogP contribution in [0.3, 0.4) is 0 Å². The van der Waals surface area contributed by atoms with Crippen LogP contribution in [0.2, 0.25) is 0 Å². The van der Waals surface area contributed by atoms with Gasteiger partial charge in [-0.25, -0.2) is 0 Å². The highest BCUT2D eigenvalue weighted by atomic mass is 32.2. The SMILES string of the molecule is COc1ccc(CN2CCN(c3ccc(OSc4ccc(-c5ccncc5)cc4)cc3)CC2)cc1OC. The Morgan fingerprint density at radius 1 is 0.730 bits per heavy atom. The maximum atomic E-state index is 5.96. The molecule has 37 heavy (non-hydrogen) atoms. The number of anilines is 1. The van der Waals surface area contributed by atoms with E-state index < -0.39 is 0 Å². The topological polar surface area (TPSA) is 47.1 Å². The smallest absolute Gasteiger partial charge is 0.161 e. The lowest BCUT2D eigenvalue weighted by molar-refractivity contribution is 0.249. The van der Waals surface area contributed by atoms with E-state index in [0.29, 0.717) is 0 Å². The number of hydrogen-bond acceptors (Lipinski definition) is 7. The normalized spacial score (nSPS) is 13.8. The highest BCUT2D eigenvalue weighted by Gasteiger charge is 2.18. The van der Waals surface area contributed by atoms with Crippen molar-refractivity contribution in [3.8, 4) is 28.4 Å². The molecule has 5 rings (SSSR count). The Labute approximate surface area is 223 Å². The first-order valence-electron chi connectivity index (χ1n) is 12.3. The van der Waals surface area contributed by atoms with Crippen molar-refractivity contribution in [2.75, 3.05) is 45.3 Å². The third-order valence-electron chi connectivity index (χ3n) is 6.53. The fourth-order valence-corrected chi connectivity index (χ4v) is 5.01. The first-order chi connectivity index (χ1) is 18.2. The third kappa shape index (κ3) is 6.37. The molecule has 2 heterocycles. The van der Waals surface area contributed by atoms with Crippen molar-refractivity contribution in [1.82, 2.24) is 9.88 Å². The molecule has 0 unspecified atom stereocenters. The molecule has 0 spiro atoms. The minimum Gasteiger partial charge on any atom is -0.493 e. The summed E-state index contributed by atoms with van der Waals surface area (Å²) in [5.74, 6) is 2.39. The van der Waals surface area contributed by atoms with Crippen molar-refractivity contribution < 1.29 is 13.7 Å². The van der Waals surface area contributed by atoms with Crippen LogP contribution < -0.4 is 18.6 Å². The van der Waals surface area contributed by atoms with E-state index in [9.17, 15) is 0 Å². The maximum absolute atomic E-state index is 5.96. The van der Waals surface area contributed by atoms with E-state index >= 15 is 0 Å². The van der Waals surface area contributed by atoms with Crippen LogP contribution in [0.4, 0.5) is 5.69 Å². The van der Waals surface area contributed by atoms with Crippen LogP contribution in [-0.2, 0) is 6.54 Å². The van der Waals surface area contributed by atoms with Gasteiger partial charge in [-0.15, -0.1) is 0 Å². The van der Waals surface area contributed by atoms with Crippen molar-refractivity contribution in [3.05, 3.63) is 96.8 Å². The summed E-state index contributed by atoms with van der Waals surface area (Å²) in [7, 11) is 3.34. The molecule has 0 atom stereocenters. The van der Waals surface area contributed by atoms with Gasteiger partial charge in [-0.05, 0) is 77.4 Å². The van der Waals surface area contributed by atoms with Gasteiger partial charge in [0.15, 0.2) is 11.5 Å². The molecule has 1 aromatic heterocycles. The van der Waals surface area contributed by atoms with Crippen molar-refractivity contribution in [2.45, 2.75) is 11.4 Å². The number of methoxy groups -OCH3 is 2.